The van der Waals surface area contributed by atoms with Gasteiger partial charge < -0.3 is 9.64 Å². The zero-order valence-electron chi connectivity index (χ0n) is 8.03. The first-order valence-electron chi connectivity index (χ1n) is 3.87. The lowest BCUT2D eigenvalue weighted by atomic mass is 10.3. The minimum absolute atomic E-state index is 0.100. The molecule has 0 fully saturated rings. The van der Waals surface area contributed by atoms with Crippen molar-refractivity contribution in [3.05, 3.63) is 0 Å². The molecule has 0 N–H and O–H groups in total. The third kappa shape index (κ3) is 3.61. The van der Waals surface area contributed by atoms with Gasteiger partial charge in [0.05, 0.1) is 7.11 Å². The highest BCUT2D eigenvalue weighted by Crippen LogP contribution is 1.98. The first kappa shape index (κ1) is 11.5. The van der Waals surface area contributed by atoms with E-state index < -0.39 is 11.9 Å². The predicted octanol–water partition coefficient (Wildman–Crippen LogP) is 0.0296. The van der Waals surface area contributed by atoms with E-state index in [2.05, 4.69) is 4.74 Å². The van der Waals surface area contributed by atoms with E-state index in [-0.39, 0.29) is 12.6 Å². The van der Waals surface area contributed by atoms with Crippen molar-refractivity contribution < 1.29 is 14.3 Å². The van der Waals surface area contributed by atoms with Gasteiger partial charge in [-0.15, -0.1) is 6.42 Å². The average Bonchev–Trinajstić information content (AvgIpc) is 2.11. The Bertz CT molecular complexity index is 240. The van der Waals surface area contributed by atoms with Gasteiger partial charge in [-0.3, -0.25) is 9.59 Å². The molecular formula is C9H13NO3. The fourth-order valence-corrected chi connectivity index (χ4v) is 0.775. The van der Waals surface area contributed by atoms with Crippen LogP contribution < -0.4 is 0 Å². The van der Waals surface area contributed by atoms with Crippen LogP contribution >= 0.6 is 0 Å². The molecule has 0 unspecified atom stereocenters. The number of ether oxygens (including phenoxy) is 1. The van der Waals surface area contributed by atoms with E-state index in [1.807, 2.05) is 5.92 Å². The van der Waals surface area contributed by atoms with Gasteiger partial charge in [0.2, 0.25) is 0 Å². The summed E-state index contributed by atoms with van der Waals surface area (Å²) in [6.07, 6.45) is 4.93. The fraction of sp³-hybridized carbons (Fsp3) is 0.556. The van der Waals surface area contributed by atoms with E-state index in [1.54, 1.807) is 13.8 Å². The van der Waals surface area contributed by atoms with Crippen molar-refractivity contribution in [2.45, 2.75) is 19.9 Å². The Balaban J connectivity index is 4.37. The molecule has 0 rings (SSSR count). The first-order chi connectivity index (χ1) is 6.02. The molecular weight excluding hydrogens is 170 g/mol. The van der Waals surface area contributed by atoms with E-state index in [0.717, 1.165) is 0 Å². The first-order valence-corrected chi connectivity index (χ1v) is 3.87. The molecule has 72 valence electrons. The van der Waals surface area contributed by atoms with Crippen LogP contribution in [0.1, 0.15) is 13.8 Å². The Hall–Kier alpha value is -1.50. The molecule has 0 aliphatic heterocycles. The van der Waals surface area contributed by atoms with Crippen LogP contribution in [-0.2, 0) is 14.3 Å². The van der Waals surface area contributed by atoms with Crippen LogP contribution in [0.3, 0.4) is 0 Å². The number of terminal acetylenes is 1. The van der Waals surface area contributed by atoms with Crippen LogP contribution in [0.4, 0.5) is 0 Å². The lowest BCUT2D eigenvalue weighted by Gasteiger charge is -2.22. The van der Waals surface area contributed by atoms with Crippen LogP contribution in [0.15, 0.2) is 0 Å². The number of hydrogen-bond donors (Lipinski definition) is 0. The van der Waals surface area contributed by atoms with Gasteiger partial charge in [0, 0.05) is 6.04 Å². The van der Waals surface area contributed by atoms with Crippen molar-refractivity contribution in [3.63, 3.8) is 0 Å². The summed E-state index contributed by atoms with van der Waals surface area (Å²) in [5, 5.41) is 0. The van der Waals surface area contributed by atoms with Crippen molar-refractivity contribution in [1.29, 1.82) is 0 Å². The van der Waals surface area contributed by atoms with Crippen molar-refractivity contribution in [2.24, 2.45) is 0 Å². The zero-order valence-corrected chi connectivity index (χ0v) is 8.03. The number of methoxy groups -OCH3 is 1. The van der Waals surface area contributed by atoms with Crippen molar-refractivity contribution in [1.82, 2.24) is 4.90 Å². The number of amides is 1. The molecule has 0 aliphatic rings. The highest BCUT2D eigenvalue weighted by Gasteiger charge is 2.18. The van der Waals surface area contributed by atoms with Crippen molar-refractivity contribution in [3.8, 4) is 12.3 Å². The number of carbonyl (C=O) groups is 2. The molecule has 4 heteroatoms. The predicted molar refractivity (Wildman–Crippen MR) is 47.7 cm³/mol. The van der Waals surface area contributed by atoms with Crippen LogP contribution in [-0.4, -0.2) is 36.5 Å². The van der Waals surface area contributed by atoms with Crippen LogP contribution in [0, 0.1) is 12.3 Å². The molecule has 1 amide bonds. The number of esters is 1. The average molecular weight is 183 g/mol. The lowest BCUT2D eigenvalue weighted by Crippen LogP contribution is -2.40. The summed E-state index contributed by atoms with van der Waals surface area (Å²) in [5.41, 5.74) is 0. The van der Waals surface area contributed by atoms with Crippen molar-refractivity contribution >= 4 is 11.9 Å². The second-order valence-corrected chi connectivity index (χ2v) is 2.75. The topological polar surface area (TPSA) is 46.6 Å². The van der Waals surface area contributed by atoms with E-state index in [1.165, 1.54) is 12.0 Å². The minimum Gasteiger partial charge on any atom is -0.468 e. The molecule has 0 saturated heterocycles. The van der Waals surface area contributed by atoms with Crippen LogP contribution in [0.25, 0.3) is 0 Å². The maximum absolute atomic E-state index is 11.1. The number of rotatable bonds is 3. The van der Waals surface area contributed by atoms with Crippen LogP contribution in [0.2, 0.25) is 0 Å². The fourth-order valence-electron chi connectivity index (χ4n) is 0.775. The highest BCUT2D eigenvalue weighted by atomic mass is 16.5. The molecule has 0 heterocycles. The van der Waals surface area contributed by atoms with Gasteiger partial charge in [-0.2, -0.15) is 0 Å². The number of nitrogens with zero attached hydrogens (tertiary/aromatic N) is 1. The molecule has 0 aliphatic carbocycles. The Morgan fingerprint density at radius 2 is 2.08 bits per heavy atom. The van der Waals surface area contributed by atoms with Gasteiger partial charge in [-0.1, -0.05) is 0 Å². The van der Waals surface area contributed by atoms with Gasteiger partial charge in [0.25, 0.3) is 5.91 Å². The Morgan fingerprint density at radius 3 is 2.38 bits per heavy atom. The Labute approximate surface area is 77.9 Å². The van der Waals surface area contributed by atoms with Gasteiger partial charge in [0.1, 0.15) is 6.54 Å². The van der Waals surface area contributed by atoms with Gasteiger partial charge >= 0.3 is 5.97 Å². The quantitative estimate of drug-likeness (QED) is 0.458. The van der Waals surface area contributed by atoms with E-state index in [0.29, 0.717) is 0 Å². The maximum Gasteiger partial charge on any atom is 0.325 e. The Kier molecular flexibility index (Phi) is 4.60. The summed E-state index contributed by atoms with van der Waals surface area (Å²) in [6, 6.07) is -0.109. The molecule has 0 saturated carbocycles. The molecule has 13 heavy (non-hydrogen) atoms. The largest absolute Gasteiger partial charge is 0.468 e. The standard InChI is InChI=1S/C9H13NO3/c1-5-8(11)10(7(2)3)6-9(12)13-4/h1,7H,6H2,2-4H3. The summed E-state index contributed by atoms with van der Waals surface area (Å²) in [7, 11) is 1.27. The van der Waals surface area contributed by atoms with E-state index in [9.17, 15) is 9.59 Å². The lowest BCUT2D eigenvalue weighted by molar-refractivity contribution is -0.146. The molecule has 0 atom stereocenters. The number of carbonyl (C=O) groups excluding carboxylic acids is 2. The Morgan fingerprint density at radius 1 is 1.54 bits per heavy atom. The summed E-state index contributed by atoms with van der Waals surface area (Å²) < 4.78 is 4.42. The summed E-state index contributed by atoms with van der Waals surface area (Å²) in [5.74, 6) is 0.981. The number of hydrogen-bond acceptors (Lipinski definition) is 3. The van der Waals surface area contributed by atoms with Gasteiger partial charge in [-0.25, -0.2) is 0 Å². The molecule has 0 radical (unpaired) electrons. The van der Waals surface area contributed by atoms with Crippen LogP contribution in [0.5, 0.6) is 0 Å². The molecule has 0 aromatic heterocycles. The van der Waals surface area contributed by atoms with Crippen molar-refractivity contribution in [2.75, 3.05) is 13.7 Å². The van der Waals surface area contributed by atoms with E-state index >= 15 is 0 Å². The second kappa shape index (κ2) is 5.20. The molecule has 0 spiro atoms. The minimum atomic E-state index is -0.500. The second-order valence-electron chi connectivity index (χ2n) is 2.75. The highest BCUT2D eigenvalue weighted by molar-refractivity contribution is 5.95. The monoisotopic (exact) mass is 183 g/mol. The third-order valence-corrected chi connectivity index (χ3v) is 1.53. The molecule has 0 aromatic rings. The van der Waals surface area contributed by atoms with Gasteiger partial charge in [0.15, 0.2) is 0 Å². The SMILES string of the molecule is C#CC(=O)N(CC(=O)OC)C(C)C. The van der Waals surface area contributed by atoms with Gasteiger partial charge in [-0.05, 0) is 19.8 Å². The van der Waals surface area contributed by atoms with E-state index in [4.69, 9.17) is 6.42 Å². The molecule has 4 nitrogen and oxygen atoms in total. The summed E-state index contributed by atoms with van der Waals surface area (Å²) in [6.45, 7) is 3.45. The summed E-state index contributed by atoms with van der Waals surface area (Å²) >= 11 is 0. The zero-order chi connectivity index (χ0) is 10.4. The molecule has 0 aromatic carbocycles. The molecule has 0 bridgehead atoms. The normalized spacial score (nSPS) is 9.15. The third-order valence-electron chi connectivity index (χ3n) is 1.53. The maximum atomic E-state index is 11.1. The smallest absolute Gasteiger partial charge is 0.325 e. The summed E-state index contributed by atoms with van der Waals surface area (Å²) in [4.78, 5) is 23.2.